The van der Waals surface area contributed by atoms with E-state index in [1.165, 1.54) is 6.08 Å². The number of aryl methyl sites for hydroxylation is 1. The number of sulfone groups is 1. The average molecular weight is 422 g/mol. The Morgan fingerprint density at radius 2 is 2.08 bits per heavy atom. The number of carbonyl (C=O) groups is 1. The number of fused-ring (bicyclic) bond motifs is 1. The van der Waals surface area contributed by atoms with Gasteiger partial charge in [-0.25, -0.2) is 8.42 Å². The van der Waals surface area contributed by atoms with Crippen molar-refractivity contribution in [2.45, 2.75) is 37.5 Å². The highest BCUT2D eigenvalue weighted by molar-refractivity contribution is 9.09. The first-order valence-electron chi connectivity index (χ1n) is 8.32. The van der Waals surface area contributed by atoms with Gasteiger partial charge in [0.05, 0.1) is 10.4 Å². The molecule has 25 heavy (non-hydrogen) atoms. The van der Waals surface area contributed by atoms with Crippen LogP contribution in [0.3, 0.4) is 0 Å². The zero-order valence-corrected chi connectivity index (χ0v) is 16.4. The molecule has 0 atom stereocenters. The van der Waals surface area contributed by atoms with E-state index in [0.717, 1.165) is 17.3 Å². The zero-order chi connectivity index (χ0) is 18.0. The molecule has 0 aromatic carbocycles. The Morgan fingerprint density at radius 3 is 2.80 bits per heavy atom. The smallest absolute Gasteiger partial charge is 0.208 e. The number of carbonyl (C=O) groups excluding carboxylic acids is 1. The third-order valence-corrected chi connectivity index (χ3v) is 6.95. The van der Waals surface area contributed by atoms with Crippen LogP contribution < -0.4 is 0 Å². The van der Waals surface area contributed by atoms with Crippen molar-refractivity contribution in [2.75, 3.05) is 5.33 Å². The minimum atomic E-state index is -3.69. The Kier molecular flexibility index (Phi) is 5.29. The van der Waals surface area contributed by atoms with Gasteiger partial charge in [-0.1, -0.05) is 35.0 Å². The van der Waals surface area contributed by atoms with Crippen molar-refractivity contribution < 1.29 is 13.2 Å². The van der Waals surface area contributed by atoms with E-state index >= 15 is 0 Å². The van der Waals surface area contributed by atoms with Crippen LogP contribution in [-0.2, 0) is 21.1 Å². The molecular formula is C19H20BrNO3S. The number of hydrogen-bond acceptors (Lipinski definition) is 3. The minimum Gasteiger partial charge on any atom is -0.322 e. The van der Waals surface area contributed by atoms with E-state index < -0.39 is 9.84 Å². The first kappa shape index (κ1) is 18.1. The van der Waals surface area contributed by atoms with E-state index in [2.05, 4.69) is 15.9 Å². The molecule has 1 aliphatic rings. The number of alkyl halides is 1. The Morgan fingerprint density at radius 1 is 1.28 bits per heavy atom. The summed E-state index contributed by atoms with van der Waals surface area (Å²) in [6, 6.07) is 5.54. The Labute approximate surface area is 156 Å². The topological polar surface area (TPSA) is 55.6 Å². The van der Waals surface area contributed by atoms with Gasteiger partial charge in [0.25, 0.3) is 0 Å². The summed E-state index contributed by atoms with van der Waals surface area (Å²) in [6.45, 7) is 1.95. The maximum Gasteiger partial charge on any atom is 0.208 e. The predicted molar refractivity (Wildman–Crippen MR) is 103 cm³/mol. The Hall–Kier alpha value is -1.66. The van der Waals surface area contributed by atoms with Gasteiger partial charge < -0.3 is 4.40 Å². The summed E-state index contributed by atoms with van der Waals surface area (Å²) in [7, 11) is -3.69. The number of halogens is 1. The summed E-state index contributed by atoms with van der Waals surface area (Å²) in [5, 5.41) is 0.765. The number of allylic oxidation sites excluding steroid dienone is 3. The number of ketones is 1. The van der Waals surface area contributed by atoms with Crippen molar-refractivity contribution in [1.82, 2.24) is 4.40 Å². The molecule has 2 heterocycles. The lowest BCUT2D eigenvalue weighted by atomic mass is 10.0. The largest absolute Gasteiger partial charge is 0.322 e. The molecule has 1 aliphatic carbocycles. The molecule has 3 rings (SSSR count). The molecule has 0 unspecified atom stereocenters. The Bertz CT molecular complexity index is 983. The Balaban J connectivity index is 2.16. The van der Waals surface area contributed by atoms with Crippen LogP contribution >= 0.6 is 15.9 Å². The molecule has 6 heteroatoms. The first-order valence-corrected chi connectivity index (χ1v) is 10.9. The summed E-state index contributed by atoms with van der Waals surface area (Å²) in [5.41, 5.74) is 2.09. The number of aromatic nitrogens is 1. The van der Waals surface area contributed by atoms with E-state index in [0.29, 0.717) is 33.7 Å². The van der Waals surface area contributed by atoms with Crippen LogP contribution in [0.15, 0.2) is 58.1 Å². The van der Waals surface area contributed by atoms with Gasteiger partial charge in [-0.05, 0) is 48.6 Å². The summed E-state index contributed by atoms with van der Waals surface area (Å²) < 4.78 is 28.8. The van der Waals surface area contributed by atoms with Crippen molar-refractivity contribution in [3.05, 3.63) is 58.8 Å². The summed E-state index contributed by atoms with van der Waals surface area (Å²) >= 11 is 3.37. The molecular weight excluding hydrogens is 402 g/mol. The fourth-order valence-electron chi connectivity index (χ4n) is 3.21. The van der Waals surface area contributed by atoms with E-state index in [9.17, 15) is 13.2 Å². The molecule has 0 amide bonds. The van der Waals surface area contributed by atoms with E-state index in [-0.39, 0.29) is 12.2 Å². The molecule has 132 valence electrons. The summed E-state index contributed by atoms with van der Waals surface area (Å²) in [4.78, 5) is 12.5. The van der Waals surface area contributed by atoms with Crippen molar-refractivity contribution >= 4 is 37.1 Å². The quantitative estimate of drug-likeness (QED) is 0.655. The van der Waals surface area contributed by atoms with Crippen LogP contribution in [-0.4, -0.2) is 23.9 Å². The van der Waals surface area contributed by atoms with Crippen LogP contribution in [0.2, 0.25) is 0 Å². The van der Waals surface area contributed by atoms with Gasteiger partial charge >= 0.3 is 0 Å². The van der Waals surface area contributed by atoms with E-state index in [1.807, 2.05) is 41.9 Å². The lowest BCUT2D eigenvalue weighted by Gasteiger charge is -2.17. The molecule has 0 saturated heterocycles. The van der Waals surface area contributed by atoms with E-state index in [4.69, 9.17) is 0 Å². The molecule has 2 aromatic rings. The summed E-state index contributed by atoms with van der Waals surface area (Å²) in [5.74, 6) is -0.0408. The van der Waals surface area contributed by atoms with Gasteiger partial charge in [-0.3, -0.25) is 4.79 Å². The van der Waals surface area contributed by atoms with Crippen LogP contribution in [0.25, 0.3) is 5.52 Å². The molecule has 0 saturated carbocycles. The standard InChI is InChI=1S/C19H20BrNO3S/c1-2-14-13-21-11-4-3-7-17(21)19(14)25(23,24)18-9-8-16(22)12-15(18)6-5-10-20/h3-4,7,9,11-13H,2,5-6,8,10H2,1H3. The highest BCUT2D eigenvalue weighted by atomic mass is 79.9. The van der Waals surface area contributed by atoms with Gasteiger partial charge in [0.2, 0.25) is 9.84 Å². The average Bonchev–Trinajstić information content (AvgIpc) is 2.99. The zero-order valence-electron chi connectivity index (χ0n) is 14.0. The minimum absolute atomic E-state index is 0.0408. The predicted octanol–water partition coefficient (Wildman–Crippen LogP) is 4.23. The molecule has 0 aliphatic heterocycles. The lowest BCUT2D eigenvalue weighted by molar-refractivity contribution is -0.113. The second kappa shape index (κ2) is 7.30. The van der Waals surface area contributed by atoms with Crippen molar-refractivity contribution in [1.29, 1.82) is 0 Å². The molecule has 0 bridgehead atoms. The number of nitrogens with zero attached hydrogens (tertiary/aromatic N) is 1. The van der Waals surface area contributed by atoms with Gasteiger partial charge in [0.1, 0.15) is 4.90 Å². The second-order valence-corrected chi connectivity index (χ2v) is 8.68. The molecule has 0 fully saturated rings. The SMILES string of the molecule is CCc1cn2ccccc2c1S(=O)(=O)C1=CCC(=O)C=C1CCCBr. The fourth-order valence-corrected chi connectivity index (χ4v) is 5.51. The van der Waals surface area contributed by atoms with Gasteiger partial charge in [-0.2, -0.15) is 0 Å². The van der Waals surface area contributed by atoms with Gasteiger partial charge in [0.15, 0.2) is 5.78 Å². The lowest BCUT2D eigenvalue weighted by Crippen LogP contribution is -2.14. The molecule has 0 spiro atoms. The van der Waals surface area contributed by atoms with E-state index in [1.54, 1.807) is 6.08 Å². The van der Waals surface area contributed by atoms with Crippen LogP contribution in [0, 0.1) is 0 Å². The third-order valence-electron chi connectivity index (χ3n) is 4.37. The summed E-state index contributed by atoms with van der Waals surface area (Å²) in [6.07, 6.45) is 8.92. The molecule has 0 N–H and O–H groups in total. The van der Waals surface area contributed by atoms with Crippen LogP contribution in [0.5, 0.6) is 0 Å². The van der Waals surface area contributed by atoms with Crippen molar-refractivity contribution in [3.8, 4) is 0 Å². The first-order chi connectivity index (χ1) is 12.0. The number of pyridine rings is 1. The molecule has 4 nitrogen and oxygen atoms in total. The highest BCUT2D eigenvalue weighted by Crippen LogP contribution is 2.35. The van der Waals surface area contributed by atoms with Crippen LogP contribution in [0.4, 0.5) is 0 Å². The fraction of sp³-hybridized carbons (Fsp3) is 0.316. The highest BCUT2D eigenvalue weighted by Gasteiger charge is 2.31. The molecule has 0 radical (unpaired) electrons. The number of hydrogen-bond donors (Lipinski definition) is 0. The van der Waals surface area contributed by atoms with Crippen LogP contribution in [0.1, 0.15) is 31.7 Å². The monoisotopic (exact) mass is 421 g/mol. The van der Waals surface area contributed by atoms with Gasteiger partial charge in [0, 0.05) is 24.1 Å². The molecule has 2 aromatic heterocycles. The normalized spacial score (nSPS) is 15.4. The van der Waals surface area contributed by atoms with Gasteiger partial charge in [-0.15, -0.1) is 0 Å². The second-order valence-electron chi connectivity index (χ2n) is 6.03. The third kappa shape index (κ3) is 3.37. The van der Waals surface area contributed by atoms with Crippen molar-refractivity contribution in [2.24, 2.45) is 0 Å². The maximum atomic E-state index is 13.5. The number of rotatable bonds is 6. The van der Waals surface area contributed by atoms with Crippen molar-refractivity contribution in [3.63, 3.8) is 0 Å². The maximum absolute atomic E-state index is 13.5.